The number of nitrogens with two attached hydrogens (primary N) is 1. The largest absolute Gasteiger partial charge is 0.497 e. The molecule has 0 unspecified atom stereocenters. The molecule has 0 bridgehead atoms. The molecular weight excluding hydrogens is 356 g/mol. The fourth-order valence-corrected chi connectivity index (χ4v) is 3.25. The highest BCUT2D eigenvalue weighted by atomic mass is 79.9. The molecule has 0 aliphatic heterocycles. The summed E-state index contributed by atoms with van der Waals surface area (Å²) in [6.45, 7) is 0. The van der Waals surface area contributed by atoms with Crippen molar-refractivity contribution in [3.63, 3.8) is 0 Å². The summed E-state index contributed by atoms with van der Waals surface area (Å²) >= 11 is 3.25. The van der Waals surface area contributed by atoms with E-state index in [1.165, 1.54) is 23.5 Å². The van der Waals surface area contributed by atoms with E-state index >= 15 is 0 Å². The zero-order valence-corrected chi connectivity index (χ0v) is 14.0. The van der Waals surface area contributed by atoms with Gasteiger partial charge in [0.05, 0.1) is 17.7 Å². The Kier molecular flexibility index (Phi) is 4.43. The summed E-state index contributed by atoms with van der Waals surface area (Å²) in [5, 5.41) is 0. The van der Waals surface area contributed by atoms with Crippen LogP contribution in [0.1, 0.15) is 0 Å². The lowest BCUT2D eigenvalue weighted by molar-refractivity contribution is 0.415. The Morgan fingerprint density at radius 2 is 1.76 bits per heavy atom. The molecule has 2 aromatic carbocycles. The van der Waals surface area contributed by atoms with Crippen molar-refractivity contribution in [1.29, 1.82) is 0 Å². The molecule has 0 amide bonds. The van der Waals surface area contributed by atoms with Crippen LogP contribution in [-0.4, -0.2) is 22.6 Å². The van der Waals surface area contributed by atoms with Gasteiger partial charge in [-0.25, -0.2) is 8.42 Å². The highest BCUT2D eigenvalue weighted by Crippen LogP contribution is 2.27. The van der Waals surface area contributed by atoms with Crippen molar-refractivity contribution in [2.24, 2.45) is 0 Å². The summed E-state index contributed by atoms with van der Waals surface area (Å²) in [6, 6.07) is 11.3. The van der Waals surface area contributed by atoms with Crippen LogP contribution < -0.4 is 14.8 Å². The minimum absolute atomic E-state index is 0.140. The standard InChI is InChI=1S/C14H15BrN2O3S/c1-17(10-3-5-11(20-2)6-4-10)21(18,19)12-7-8-13(15)14(16)9-12/h3-9H,16H2,1-2H3. The molecule has 7 heteroatoms. The third-order valence-electron chi connectivity index (χ3n) is 3.06. The minimum Gasteiger partial charge on any atom is -0.497 e. The Morgan fingerprint density at radius 3 is 2.29 bits per heavy atom. The number of nitrogen functional groups attached to an aromatic ring is 1. The molecule has 2 N–H and O–H groups in total. The van der Waals surface area contributed by atoms with E-state index in [2.05, 4.69) is 15.9 Å². The van der Waals surface area contributed by atoms with E-state index in [0.29, 0.717) is 21.6 Å². The number of halogens is 1. The van der Waals surface area contributed by atoms with Crippen LogP contribution in [0.4, 0.5) is 11.4 Å². The first-order chi connectivity index (χ1) is 9.86. The molecule has 2 rings (SSSR count). The van der Waals surface area contributed by atoms with Crippen LogP contribution in [0.3, 0.4) is 0 Å². The first-order valence-corrected chi connectivity index (χ1v) is 8.27. The molecular formula is C14H15BrN2O3S. The van der Waals surface area contributed by atoms with Crippen LogP contribution >= 0.6 is 15.9 Å². The highest BCUT2D eigenvalue weighted by molar-refractivity contribution is 9.10. The second-order valence-electron chi connectivity index (χ2n) is 4.35. The predicted molar refractivity (Wildman–Crippen MR) is 87.1 cm³/mol. The molecule has 0 radical (unpaired) electrons. The van der Waals surface area contributed by atoms with E-state index in [-0.39, 0.29) is 4.90 Å². The van der Waals surface area contributed by atoms with Crippen LogP contribution in [0, 0.1) is 0 Å². The number of methoxy groups -OCH3 is 1. The Morgan fingerprint density at radius 1 is 1.14 bits per heavy atom. The fourth-order valence-electron chi connectivity index (χ4n) is 1.77. The quantitative estimate of drug-likeness (QED) is 0.839. The monoisotopic (exact) mass is 370 g/mol. The van der Waals surface area contributed by atoms with E-state index in [1.54, 1.807) is 37.4 Å². The Labute approximate surface area is 132 Å². The second-order valence-corrected chi connectivity index (χ2v) is 7.18. The van der Waals surface area contributed by atoms with Gasteiger partial charge in [-0.15, -0.1) is 0 Å². The van der Waals surface area contributed by atoms with Crippen LogP contribution in [0.25, 0.3) is 0 Å². The summed E-state index contributed by atoms with van der Waals surface area (Å²) in [5.74, 6) is 0.664. The molecule has 0 aliphatic rings. The summed E-state index contributed by atoms with van der Waals surface area (Å²) in [6.07, 6.45) is 0. The third-order valence-corrected chi connectivity index (χ3v) is 5.57. The molecule has 0 aliphatic carbocycles. The number of rotatable bonds is 4. The molecule has 2 aromatic rings. The van der Waals surface area contributed by atoms with Gasteiger partial charge in [-0.05, 0) is 58.4 Å². The van der Waals surface area contributed by atoms with Crippen molar-refractivity contribution < 1.29 is 13.2 Å². The second kappa shape index (κ2) is 5.95. The smallest absolute Gasteiger partial charge is 0.264 e. The maximum absolute atomic E-state index is 12.6. The molecule has 0 aromatic heterocycles. The normalized spacial score (nSPS) is 11.2. The number of ether oxygens (including phenoxy) is 1. The molecule has 21 heavy (non-hydrogen) atoms. The van der Waals surface area contributed by atoms with Gasteiger partial charge in [0.15, 0.2) is 0 Å². The number of anilines is 2. The number of sulfonamides is 1. The van der Waals surface area contributed by atoms with E-state index in [4.69, 9.17) is 10.5 Å². The first-order valence-electron chi connectivity index (χ1n) is 6.04. The van der Waals surface area contributed by atoms with E-state index in [0.717, 1.165) is 0 Å². The van der Waals surface area contributed by atoms with Crippen molar-refractivity contribution in [2.45, 2.75) is 4.90 Å². The third kappa shape index (κ3) is 3.14. The Balaban J connectivity index is 2.39. The number of hydrogen-bond donors (Lipinski definition) is 1. The van der Waals surface area contributed by atoms with Crippen molar-refractivity contribution in [1.82, 2.24) is 0 Å². The zero-order valence-electron chi connectivity index (χ0n) is 11.6. The van der Waals surface area contributed by atoms with E-state index in [1.807, 2.05) is 0 Å². The number of benzene rings is 2. The molecule has 0 heterocycles. The van der Waals surface area contributed by atoms with Gasteiger partial charge in [0, 0.05) is 17.2 Å². The van der Waals surface area contributed by atoms with Crippen molar-refractivity contribution in [2.75, 3.05) is 24.2 Å². The van der Waals surface area contributed by atoms with Gasteiger partial charge < -0.3 is 10.5 Å². The van der Waals surface area contributed by atoms with E-state index in [9.17, 15) is 8.42 Å². The Hall–Kier alpha value is -1.73. The van der Waals surface area contributed by atoms with Crippen LogP contribution in [0.5, 0.6) is 5.75 Å². The number of nitrogens with zero attached hydrogens (tertiary/aromatic N) is 1. The molecule has 0 fully saturated rings. The highest BCUT2D eigenvalue weighted by Gasteiger charge is 2.21. The maximum atomic E-state index is 12.6. The number of hydrogen-bond acceptors (Lipinski definition) is 4. The van der Waals surface area contributed by atoms with Crippen molar-refractivity contribution in [3.05, 3.63) is 46.9 Å². The lowest BCUT2D eigenvalue weighted by Crippen LogP contribution is -2.26. The molecule has 112 valence electrons. The lowest BCUT2D eigenvalue weighted by atomic mass is 10.3. The van der Waals surface area contributed by atoms with Gasteiger partial charge in [-0.2, -0.15) is 0 Å². The van der Waals surface area contributed by atoms with Gasteiger partial charge in [0.2, 0.25) is 0 Å². The van der Waals surface area contributed by atoms with Crippen molar-refractivity contribution >= 4 is 37.3 Å². The van der Waals surface area contributed by atoms with E-state index < -0.39 is 10.0 Å². The van der Waals surface area contributed by atoms with Gasteiger partial charge in [0.1, 0.15) is 5.75 Å². The van der Waals surface area contributed by atoms with Gasteiger partial charge in [-0.3, -0.25) is 4.31 Å². The zero-order chi connectivity index (χ0) is 15.6. The van der Waals surface area contributed by atoms with Gasteiger partial charge in [-0.1, -0.05) is 0 Å². The lowest BCUT2D eigenvalue weighted by Gasteiger charge is -2.20. The maximum Gasteiger partial charge on any atom is 0.264 e. The molecule has 0 saturated carbocycles. The fraction of sp³-hybridized carbons (Fsp3) is 0.143. The SMILES string of the molecule is COc1ccc(N(C)S(=O)(=O)c2ccc(Br)c(N)c2)cc1. The van der Waals surface area contributed by atoms with Crippen LogP contribution in [-0.2, 0) is 10.0 Å². The average molecular weight is 371 g/mol. The average Bonchev–Trinajstić information content (AvgIpc) is 2.49. The molecule has 0 atom stereocenters. The van der Waals surface area contributed by atoms with Gasteiger partial charge >= 0.3 is 0 Å². The summed E-state index contributed by atoms with van der Waals surface area (Å²) in [7, 11) is -0.608. The molecule has 0 saturated heterocycles. The van der Waals surface area contributed by atoms with Crippen LogP contribution in [0.15, 0.2) is 51.8 Å². The first kappa shape index (κ1) is 15.7. The Bertz CT molecular complexity index is 745. The summed E-state index contributed by atoms with van der Waals surface area (Å²) < 4.78 is 32.1. The topological polar surface area (TPSA) is 72.6 Å². The van der Waals surface area contributed by atoms with Gasteiger partial charge in [0.25, 0.3) is 10.0 Å². The molecule has 0 spiro atoms. The predicted octanol–water partition coefficient (Wildman–Crippen LogP) is 2.87. The van der Waals surface area contributed by atoms with Crippen LogP contribution in [0.2, 0.25) is 0 Å². The summed E-state index contributed by atoms with van der Waals surface area (Å²) in [4.78, 5) is 0.140. The molecule has 5 nitrogen and oxygen atoms in total. The summed E-state index contributed by atoms with van der Waals surface area (Å²) in [5.41, 5.74) is 6.66. The van der Waals surface area contributed by atoms with Crippen molar-refractivity contribution in [3.8, 4) is 5.75 Å². The minimum atomic E-state index is -3.66.